The molecule has 0 radical (unpaired) electrons. The van der Waals surface area contributed by atoms with E-state index in [1.54, 1.807) is 11.8 Å². The lowest BCUT2D eigenvalue weighted by Crippen LogP contribution is -2.28. The Balaban J connectivity index is 1.68. The van der Waals surface area contributed by atoms with Crippen LogP contribution in [0.5, 0.6) is 0 Å². The number of hydrogen-bond acceptors (Lipinski definition) is 6. The minimum absolute atomic E-state index is 0.151. The first-order chi connectivity index (χ1) is 9.61. The van der Waals surface area contributed by atoms with E-state index in [2.05, 4.69) is 34.3 Å². The Morgan fingerprint density at radius 1 is 1.50 bits per heavy atom. The second kappa shape index (κ2) is 5.49. The summed E-state index contributed by atoms with van der Waals surface area (Å²) in [6.45, 7) is 2.94. The summed E-state index contributed by atoms with van der Waals surface area (Å²) in [5.41, 5.74) is 5.39. The van der Waals surface area contributed by atoms with Crippen molar-refractivity contribution < 1.29 is 0 Å². The molecule has 7 heteroatoms. The van der Waals surface area contributed by atoms with Crippen molar-refractivity contribution in [1.82, 2.24) is 9.97 Å². The molecule has 2 aromatic rings. The zero-order valence-corrected chi connectivity index (χ0v) is 12.7. The quantitative estimate of drug-likeness (QED) is 0.810. The van der Waals surface area contributed by atoms with E-state index in [1.165, 1.54) is 9.75 Å². The van der Waals surface area contributed by atoms with Gasteiger partial charge in [-0.25, -0.2) is 0 Å². The van der Waals surface area contributed by atoms with Gasteiger partial charge >= 0.3 is 0 Å². The maximum Gasteiger partial charge on any atom is 0.268 e. The van der Waals surface area contributed by atoms with E-state index in [1.807, 2.05) is 11.3 Å². The molecule has 20 heavy (non-hydrogen) atoms. The van der Waals surface area contributed by atoms with Crippen LogP contribution in [0, 0.1) is 6.92 Å². The van der Waals surface area contributed by atoms with E-state index < -0.39 is 0 Å². The second-order valence-corrected chi connectivity index (χ2v) is 7.48. The predicted molar refractivity (Wildman–Crippen MR) is 84.8 cm³/mol. The van der Waals surface area contributed by atoms with Crippen LogP contribution in [0.15, 0.2) is 21.8 Å². The van der Waals surface area contributed by atoms with Crippen LogP contribution >= 0.6 is 23.1 Å². The number of aromatic nitrogens is 2. The molecule has 0 bridgehead atoms. The molecule has 3 heterocycles. The lowest BCUT2D eigenvalue weighted by Gasteiger charge is -2.23. The summed E-state index contributed by atoms with van der Waals surface area (Å²) in [4.78, 5) is 21.9. The molecule has 1 aliphatic rings. The Bertz CT molecular complexity index is 679. The number of nitrogens with zero attached hydrogens (tertiary/aromatic N) is 1. The molecule has 0 fully saturated rings. The lowest BCUT2D eigenvalue weighted by atomic mass is 10.2. The second-order valence-electron chi connectivity index (χ2n) is 4.80. The van der Waals surface area contributed by atoms with Gasteiger partial charge in [0.15, 0.2) is 0 Å². The molecular formula is C13H16N4OS2. The summed E-state index contributed by atoms with van der Waals surface area (Å²) < 4.78 is 0. The van der Waals surface area contributed by atoms with Crippen LogP contribution < -0.4 is 16.6 Å². The highest BCUT2D eigenvalue weighted by Gasteiger charge is 2.23. The van der Waals surface area contributed by atoms with Gasteiger partial charge in [-0.2, -0.15) is 4.98 Å². The molecule has 5 nitrogen and oxygen atoms in total. The Hall–Kier alpha value is -1.47. The maximum atomic E-state index is 11.9. The number of anilines is 2. The van der Waals surface area contributed by atoms with Gasteiger partial charge in [0, 0.05) is 21.5 Å². The zero-order chi connectivity index (χ0) is 14.1. The van der Waals surface area contributed by atoms with Gasteiger partial charge in [-0.05, 0) is 31.9 Å². The monoisotopic (exact) mass is 308 g/mol. The molecule has 1 atom stereocenters. The number of nitrogens with one attached hydrogen (secondary N) is 2. The molecule has 0 saturated carbocycles. The highest BCUT2D eigenvalue weighted by Crippen LogP contribution is 2.33. The van der Waals surface area contributed by atoms with Crippen LogP contribution in [-0.2, 0) is 6.42 Å². The van der Waals surface area contributed by atoms with E-state index in [4.69, 9.17) is 5.73 Å². The number of thiophene rings is 1. The summed E-state index contributed by atoms with van der Waals surface area (Å²) in [7, 11) is 0. The Labute approximate surface area is 125 Å². The van der Waals surface area contributed by atoms with E-state index in [-0.39, 0.29) is 11.5 Å². The van der Waals surface area contributed by atoms with Gasteiger partial charge in [-0.1, -0.05) is 0 Å². The molecular weight excluding hydrogens is 292 g/mol. The molecule has 106 valence electrons. The van der Waals surface area contributed by atoms with E-state index >= 15 is 0 Å². The molecule has 4 N–H and O–H groups in total. The van der Waals surface area contributed by atoms with Crippen molar-refractivity contribution in [2.45, 2.75) is 29.9 Å². The average molecular weight is 308 g/mol. The molecule has 0 saturated heterocycles. The number of aromatic amines is 1. The molecule has 0 amide bonds. The summed E-state index contributed by atoms with van der Waals surface area (Å²) in [5, 5.41) is 3.59. The van der Waals surface area contributed by atoms with Gasteiger partial charge in [0.25, 0.3) is 5.56 Å². The number of rotatable bonds is 3. The van der Waals surface area contributed by atoms with Gasteiger partial charge in [0.2, 0.25) is 5.95 Å². The van der Waals surface area contributed by atoms with Crippen LogP contribution in [0.25, 0.3) is 0 Å². The number of nitrogen functional groups attached to an aromatic ring is 1. The van der Waals surface area contributed by atoms with Crippen molar-refractivity contribution in [1.29, 1.82) is 0 Å². The Morgan fingerprint density at radius 2 is 2.35 bits per heavy atom. The van der Waals surface area contributed by atoms with Crippen molar-refractivity contribution >= 4 is 34.9 Å². The average Bonchev–Trinajstić information content (AvgIpc) is 2.82. The summed E-state index contributed by atoms with van der Waals surface area (Å²) in [6, 6.07) is 4.34. The minimum Gasteiger partial charge on any atom is -0.369 e. The Kier molecular flexibility index (Phi) is 3.71. The topological polar surface area (TPSA) is 83.8 Å². The fourth-order valence-corrected chi connectivity index (χ4v) is 4.24. The normalized spacial score (nSPS) is 17.6. The lowest BCUT2D eigenvalue weighted by molar-refractivity contribution is 0.772. The summed E-state index contributed by atoms with van der Waals surface area (Å²) >= 11 is 3.44. The third-order valence-corrected chi connectivity index (χ3v) is 5.60. The minimum atomic E-state index is -0.151. The highest BCUT2D eigenvalue weighted by molar-refractivity contribution is 8.00. The first kappa shape index (κ1) is 13.5. The van der Waals surface area contributed by atoms with E-state index in [0.29, 0.717) is 16.0 Å². The number of hydrogen-bond donors (Lipinski definition) is 3. The van der Waals surface area contributed by atoms with Crippen molar-refractivity contribution in [2.24, 2.45) is 0 Å². The number of H-pyrrole nitrogens is 1. The van der Waals surface area contributed by atoms with Crippen molar-refractivity contribution in [3.8, 4) is 0 Å². The number of fused-ring (bicyclic) bond motifs is 1. The third-order valence-electron chi connectivity index (χ3n) is 3.19. The molecule has 0 aliphatic carbocycles. The van der Waals surface area contributed by atoms with Crippen LogP contribution in [-0.4, -0.2) is 21.8 Å². The van der Waals surface area contributed by atoms with Crippen LogP contribution in [0.1, 0.15) is 16.2 Å². The van der Waals surface area contributed by atoms with Crippen molar-refractivity contribution in [2.75, 3.05) is 17.6 Å². The fraction of sp³-hybridized carbons (Fsp3) is 0.385. The van der Waals surface area contributed by atoms with Gasteiger partial charge in [-0.15, -0.1) is 23.1 Å². The third kappa shape index (κ3) is 2.83. The molecule has 1 aliphatic heterocycles. The van der Waals surface area contributed by atoms with Crippen LogP contribution in [0.4, 0.5) is 11.8 Å². The van der Waals surface area contributed by atoms with E-state index in [0.717, 1.165) is 19.4 Å². The van der Waals surface area contributed by atoms with Crippen LogP contribution in [0.3, 0.4) is 0 Å². The van der Waals surface area contributed by atoms with E-state index in [9.17, 15) is 4.79 Å². The molecule has 3 rings (SSSR count). The SMILES string of the molecule is Cc1ccc(CC[C@H]2CNc3nc(N)[nH]c(=O)c3S2)s1. The largest absolute Gasteiger partial charge is 0.369 e. The zero-order valence-electron chi connectivity index (χ0n) is 11.1. The first-order valence-corrected chi connectivity index (χ1v) is 8.17. The van der Waals surface area contributed by atoms with Crippen molar-refractivity contribution in [3.05, 3.63) is 32.2 Å². The van der Waals surface area contributed by atoms with Gasteiger partial charge < -0.3 is 11.1 Å². The predicted octanol–water partition coefficient (Wildman–Crippen LogP) is 2.24. The van der Waals surface area contributed by atoms with Gasteiger partial charge in [0.05, 0.1) is 0 Å². The smallest absolute Gasteiger partial charge is 0.268 e. The number of aryl methyl sites for hydroxylation is 2. The molecule has 2 aromatic heterocycles. The van der Waals surface area contributed by atoms with Crippen molar-refractivity contribution in [3.63, 3.8) is 0 Å². The number of thioether (sulfide) groups is 1. The highest BCUT2D eigenvalue weighted by atomic mass is 32.2. The standard InChI is InChI=1S/C13H16N4OS2/c1-7-2-3-8(19-7)4-5-9-6-15-11-10(20-9)12(18)17-13(14)16-11/h2-3,9H,4-6H2,1H3,(H4,14,15,16,17,18)/t9-/m0/s1. The molecule has 0 aromatic carbocycles. The van der Waals surface area contributed by atoms with Gasteiger partial charge in [-0.3, -0.25) is 9.78 Å². The summed E-state index contributed by atoms with van der Waals surface area (Å²) in [6.07, 6.45) is 2.09. The first-order valence-electron chi connectivity index (χ1n) is 6.47. The summed E-state index contributed by atoms with van der Waals surface area (Å²) in [5.74, 6) is 0.772. The molecule has 0 unspecified atom stereocenters. The number of nitrogens with two attached hydrogens (primary N) is 1. The fourth-order valence-electron chi connectivity index (χ4n) is 2.21. The maximum absolute atomic E-state index is 11.9. The van der Waals surface area contributed by atoms with Gasteiger partial charge in [0.1, 0.15) is 10.7 Å². The van der Waals surface area contributed by atoms with Crippen LogP contribution in [0.2, 0.25) is 0 Å². The Morgan fingerprint density at radius 3 is 3.10 bits per heavy atom. The molecule has 0 spiro atoms.